The minimum atomic E-state index is -3.86. The number of nitrogens with zero attached hydrogens (tertiary/aromatic N) is 2. The second-order valence-electron chi connectivity index (χ2n) is 8.71. The number of benzene rings is 2. The fourth-order valence-electron chi connectivity index (χ4n) is 3.64. The smallest absolute Gasteiger partial charge is 0.244 e. The summed E-state index contributed by atoms with van der Waals surface area (Å²) in [5, 5.41) is 3.93. The summed E-state index contributed by atoms with van der Waals surface area (Å²) in [6, 6.07) is 8.86. The van der Waals surface area contributed by atoms with Gasteiger partial charge in [0.2, 0.25) is 21.8 Å². The lowest BCUT2D eigenvalue weighted by Gasteiger charge is -2.33. The molecule has 0 spiro atoms. The molecule has 0 heterocycles. The molecule has 198 valence electrons. The van der Waals surface area contributed by atoms with Crippen LogP contribution >= 0.6 is 34.8 Å². The first-order valence-electron chi connectivity index (χ1n) is 11.6. The monoisotopic (exact) mass is 575 g/mol. The van der Waals surface area contributed by atoms with Gasteiger partial charge in [-0.25, -0.2) is 8.42 Å². The summed E-state index contributed by atoms with van der Waals surface area (Å²) in [6.07, 6.45) is 2.07. The lowest BCUT2D eigenvalue weighted by molar-refractivity contribution is -0.140. The average Bonchev–Trinajstić information content (AvgIpc) is 2.80. The summed E-state index contributed by atoms with van der Waals surface area (Å²) in [6.45, 7) is 6.88. The molecule has 2 aromatic carbocycles. The standard InChI is InChI=1S/C25H32Cl3N3O4S/c1-6-17(4)29-25(33)22(7-2)30(14-18-9-11-20(27)21(28)12-18)24(32)15-31(36(5,34)35)23-13-19(26)10-8-16(23)3/h8-13,17,22H,6-7,14-15H2,1-5H3,(H,29,33)/t17-,22+/m0/s1. The highest BCUT2D eigenvalue weighted by atomic mass is 35.5. The van der Waals surface area contributed by atoms with Crippen molar-refractivity contribution in [1.82, 2.24) is 10.2 Å². The van der Waals surface area contributed by atoms with E-state index in [1.807, 2.05) is 13.8 Å². The third-order valence-electron chi connectivity index (χ3n) is 5.84. The molecule has 7 nitrogen and oxygen atoms in total. The number of amides is 2. The van der Waals surface area contributed by atoms with E-state index >= 15 is 0 Å². The van der Waals surface area contributed by atoms with E-state index in [9.17, 15) is 18.0 Å². The van der Waals surface area contributed by atoms with Crippen molar-refractivity contribution < 1.29 is 18.0 Å². The van der Waals surface area contributed by atoms with Crippen molar-refractivity contribution in [1.29, 1.82) is 0 Å². The zero-order valence-corrected chi connectivity index (χ0v) is 24.1. The number of aryl methyl sites for hydroxylation is 1. The van der Waals surface area contributed by atoms with Crippen LogP contribution in [0.25, 0.3) is 0 Å². The Kier molecular flexibility index (Phi) is 10.9. The SMILES string of the molecule is CC[C@H](C(=O)N[C@@H](C)CC)N(Cc1ccc(Cl)c(Cl)c1)C(=O)CN(c1cc(Cl)ccc1C)S(C)(=O)=O. The molecule has 0 aliphatic carbocycles. The van der Waals surface area contributed by atoms with Crippen LogP contribution in [0.5, 0.6) is 0 Å². The van der Waals surface area contributed by atoms with Gasteiger partial charge in [-0.2, -0.15) is 0 Å². The van der Waals surface area contributed by atoms with Gasteiger partial charge in [-0.1, -0.05) is 60.8 Å². The second-order valence-corrected chi connectivity index (χ2v) is 11.9. The van der Waals surface area contributed by atoms with Crippen LogP contribution in [0.2, 0.25) is 15.1 Å². The quantitative estimate of drug-likeness (QED) is 0.386. The van der Waals surface area contributed by atoms with Crippen molar-refractivity contribution in [2.24, 2.45) is 0 Å². The number of nitrogens with one attached hydrogen (secondary N) is 1. The highest BCUT2D eigenvalue weighted by Gasteiger charge is 2.32. The first-order chi connectivity index (χ1) is 16.8. The molecule has 0 fully saturated rings. The number of sulfonamides is 1. The fourth-order valence-corrected chi connectivity index (χ4v) is 5.03. The average molecular weight is 577 g/mol. The maximum absolute atomic E-state index is 13.7. The predicted molar refractivity (Wildman–Crippen MR) is 147 cm³/mol. The Labute approximate surface area is 228 Å². The first-order valence-corrected chi connectivity index (χ1v) is 14.5. The van der Waals surface area contributed by atoms with Crippen LogP contribution < -0.4 is 9.62 Å². The minimum absolute atomic E-state index is 0.0360. The molecule has 0 aromatic heterocycles. The maximum atomic E-state index is 13.7. The number of rotatable bonds is 11. The Bertz CT molecular complexity index is 1210. The Morgan fingerprint density at radius 1 is 1.00 bits per heavy atom. The van der Waals surface area contributed by atoms with Gasteiger partial charge in [0.1, 0.15) is 12.6 Å². The van der Waals surface area contributed by atoms with Gasteiger partial charge in [-0.3, -0.25) is 13.9 Å². The van der Waals surface area contributed by atoms with Crippen LogP contribution in [0.4, 0.5) is 5.69 Å². The molecule has 0 saturated heterocycles. The van der Waals surface area contributed by atoms with Gasteiger partial charge in [-0.05, 0) is 62.1 Å². The maximum Gasteiger partial charge on any atom is 0.244 e. The van der Waals surface area contributed by atoms with E-state index in [0.717, 1.165) is 17.0 Å². The largest absolute Gasteiger partial charge is 0.352 e. The molecule has 0 aliphatic rings. The molecule has 36 heavy (non-hydrogen) atoms. The zero-order valence-electron chi connectivity index (χ0n) is 21.0. The van der Waals surface area contributed by atoms with Gasteiger partial charge in [0.15, 0.2) is 0 Å². The van der Waals surface area contributed by atoms with Gasteiger partial charge in [0, 0.05) is 17.6 Å². The minimum Gasteiger partial charge on any atom is -0.352 e. The van der Waals surface area contributed by atoms with E-state index < -0.39 is 28.5 Å². The number of halogens is 3. The predicted octanol–water partition coefficient (Wildman–Crippen LogP) is 5.44. The molecule has 1 N–H and O–H groups in total. The Balaban J connectivity index is 2.51. The summed E-state index contributed by atoms with van der Waals surface area (Å²) < 4.78 is 26.5. The Morgan fingerprint density at radius 3 is 2.22 bits per heavy atom. The topological polar surface area (TPSA) is 86.8 Å². The number of hydrogen-bond donors (Lipinski definition) is 1. The normalized spacial score (nSPS) is 13.1. The van der Waals surface area contributed by atoms with E-state index in [0.29, 0.717) is 38.3 Å². The third kappa shape index (κ3) is 8.00. The van der Waals surface area contributed by atoms with Gasteiger partial charge in [0.05, 0.1) is 22.0 Å². The molecule has 0 bridgehead atoms. The zero-order chi connectivity index (χ0) is 27.2. The lowest BCUT2D eigenvalue weighted by Crippen LogP contribution is -2.53. The van der Waals surface area contributed by atoms with Gasteiger partial charge in [-0.15, -0.1) is 0 Å². The summed E-state index contributed by atoms with van der Waals surface area (Å²) in [4.78, 5) is 28.3. The molecule has 2 rings (SSSR count). The van der Waals surface area contributed by atoms with E-state index in [1.165, 1.54) is 11.0 Å². The molecule has 11 heteroatoms. The highest BCUT2D eigenvalue weighted by molar-refractivity contribution is 7.92. The van der Waals surface area contributed by atoms with Gasteiger partial charge >= 0.3 is 0 Å². The number of carbonyl (C=O) groups excluding carboxylic acids is 2. The molecule has 0 unspecified atom stereocenters. The third-order valence-corrected chi connectivity index (χ3v) is 7.94. The van der Waals surface area contributed by atoms with Crippen molar-refractivity contribution in [2.75, 3.05) is 17.1 Å². The molecule has 0 aliphatic heterocycles. The Hall–Kier alpha value is -2.00. The summed E-state index contributed by atoms with van der Waals surface area (Å²) in [5.41, 5.74) is 1.58. The van der Waals surface area contributed by atoms with Crippen LogP contribution in [-0.2, 0) is 26.2 Å². The van der Waals surface area contributed by atoms with Crippen LogP contribution in [-0.4, -0.2) is 50.0 Å². The van der Waals surface area contributed by atoms with E-state index in [2.05, 4.69) is 5.32 Å². The molecule has 0 saturated carbocycles. The van der Waals surface area contributed by atoms with E-state index in [1.54, 1.807) is 44.2 Å². The molecular formula is C25H32Cl3N3O4S. The van der Waals surface area contributed by atoms with Crippen LogP contribution in [0.1, 0.15) is 44.7 Å². The van der Waals surface area contributed by atoms with Crippen LogP contribution in [0.3, 0.4) is 0 Å². The summed E-state index contributed by atoms with van der Waals surface area (Å²) in [7, 11) is -3.86. The second kappa shape index (κ2) is 13.0. The molecule has 2 amide bonds. The van der Waals surface area contributed by atoms with Crippen molar-refractivity contribution in [3.63, 3.8) is 0 Å². The molecule has 2 atom stereocenters. The van der Waals surface area contributed by atoms with Crippen molar-refractivity contribution in [3.8, 4) is 0 Å². The van der Waals surface area contributed by atoms with Gasteiger partial charge < -0.3 is 10.2 Å². The van der Waals surface area contributed by atoms with Crippen LogP contribution in [0, 0.1) is 6.92 Å². The summed E-state index contributed by atoms with van der Waals surface area (Å²) >= 11 is 18.4. The number of carbonyl (C=O) groups is 2. The van der Waals surface area contributed by atoms with Crippen molar-refractivity contribution >= 4 is 62.3 Å². The molecule has 0 radical (unpaired) electrons. The van der Waals surface area contributed by atoms with Crippen LogP contribution in [0.15, 0.2) is 36.4 Å². The van der Waals surface area contributed by atoms with E-state index in [-0.39, 0.29) is 18.5 Å². The molecular weight excluding hydrogens is 545 g/mol. The first kappa shape index (κ1) is 30.2. The van der Waals surface area contributed by atoms with E-state index in [4.69, 9.17) is 34.8 Å². The fraction of sp³-hybridized carbons (Fsp3) is 0.440. The number of hydrogen-bond acceptors (Lipinski definition) is 4. The van der Waals surface area contributed by atoms with Crippen molar-refractivity contribution in [3.05, 3.63) is 62.6 Å². The van der Waals surface area contributed by atoms with Crippen molar-refractivity contribution in [2.45, 2.75) is 59.2 Å². The lowest BCUT2D eigenvalue weighted by atomic mass is 10.1. The summed E-state index contributed by atoms with van der Waals surface area (Å²) in [5.74, 6) is -0.859. The number of anilines is 1. The Morgan fingerprint density at radius 2 is 1.67 bits per heavy atom. The molecule has 2 aromatic rings. The highest BCUT2D eigenvalue weighted by Crippen LogP contribution is 2.28. The van der Waals surface area contributed by atoms with Gasteiger partial charge in [0.25, 0.3) is 0 Å².